The number of benzene rings is 2. The van der Waals surface area contributed by atoms with Gasteiger partial charge in [0.05, 0.1) is 16.9 Å². The summed E-state index contributed by atoms with van der Waals surface area (Å²) in [5.41, 5.74) is 2.85. The Labute approximate surface area is 201 Å². The van der Waals surface area contributed by atoms with Crippen molar-refractivity contribution in [3.05, 3.63) is 85.0 Å². The SMILES string of the molecule is C=CCc1cccc([SiH](C)CCCCCCCC[Si](C)(CC)c2cccc(CC=C)c2)c1. The van der Waals surface area contributed by atoms with Gasteiger partial charge < -0.3 is 0 Å². The van der Waals surface area contributed by atoms with Gasteiger partial charge in [-0.1, -0.05) is 148 Å². The van der Waals surface area contributed by atoms with Gasteiger partial charge in [-0.25, -0.2) is 0 Å². The highest BCUT2D eigenvalue weighted by molar-refractivity contribution is 6.90. The third-order valence-electron chi connectivity index (χ3n) is 7.30. The molecule has 0 aliphatic heterocycles. The molecule has 2 rings (SSSR count). The van der Waals surface area contributed by atoms with E-state index in [1.54, 1.807) is 10.4 Å². The third-order valence-corrected chi connectivity index (χ3v) is 14.8. The second-order valence-electron chi connectivity index (χ2n) is 9.91. The molecule has 0 fully saturated rings. The van der Waals surface area contributed by atoms with E-state index in [4.69, 9.17) is 0 Å². The average molecular weight is 463 g/mol. The summed E-state index contributed by atoms with van der Waals surface area (Å²) in [7, 11) is -2.12. The Morgan fingerprint density at radius 3 is 2.06 bits per heavy atom. The van der Waals surface area contributed by atoms with Crippen molar-refractivity contribution in [3.8, 4) is 0 Å². The van der Waals surface area contributed by atoms with E-state index in [0.717, 1.165) is 12.8 Å². The minimum atomic E-state index is -1.33. The Bertz CT molecular complexity index is 825. The van der Waals surface area contributed by atoms with Crippen LogP contribution >= 0.6 is 0 Å². The molecule has 2 atom stereocenters. The van der Waals surface area contributed by atoms with Crippen LogP contribution < -0.4 is 10.4 Å². The van der Waals surface area contributed by atoms with Gasteiger partial charge in [0.25, 0.3) is 0 Å². The molecule has 0 aliphatic carbocycles. The van der Waals surface area contributed by atoms with Crippen LogP contribution in [0.5, 0.6) is 0 Å². The molecular formula is C30H46Si2. The highest BCUT2D eigenvalue weighted by Crippen LogP contribution is 2.21. The molecule has 0 aliphatic rings. The van der Waals surface area contributed by atoms with Crippen molar-refractivity contribution in [2.24, 2.45) is 0 Å². The smallest absolute Gasteiger partial charge is 0.0834 e. The van der Waals surface area contributed by atoms with E-state index in [1.165, 1.54) is 67.8 Å². The van der Waals surface area contributed by atoms with Crippen LogP contribution in [0.25, 0.3) is 0 Å². The molecule has 2 heteroatoms. The van der Waals surface area contributed by atoms with E-state index >= 15 is 0 Å². The molecule has 0 saturated carbocycles. The Kier molecular flexibility index (Phi) is 12.0. The quantitative estimate of drug-likeness (QED) is 0.137. The lowest BCUT2D eigenvalue weighted by Gasteiger charge is -2.27. The molecule has 2 unspecified atom stereocenters. The summed E-state index contributed by atoms with van der Waals surface area (Å²) in [6.07, 6.45) is 14.5. The molecule has 174 valence electrons. The Morgan fingerprint density at radius 2 is 1.41 bits per heavy atom. The minimum absolute atomic E-state index is 0.785. The van der Waals surface area contributed by atoms with Crippen LogP contribution in [0.2, 0.25) is 31.2 Å². The molecule has 0 N–H and O–H groups in total. The summed E-state index contributed by atoms with van der Waals surface area (Å²) in [5, 5.41) is 3.28. The van der Waals surface area contributed by atoms with Gasteiger partial charge in [0.2, 0.25) is 0 Å². The van der Waals surface area contributed by atoms with Gasteiger partial charge in [-0.2, -0.15) is 0 Å². The predicted molar refractivity (Wildman–Crippen MR) is 152 cm³/mol. The normalized spacial score (nSPS) is 14.0. The second-order valence-corrected chi connectivity index (χ2v) is 17.9. The predicted octanol–water partition coefficient (Wildman–Crippen LogP) is 7.55. The molecule has 2 aromatic carbocycles. The molecule has 0 aromatic heterocycles. The molecule has 2 aromatic rings. The molecular weight excluding hydrogens is 417 g/mol. The first-order valence-corrected chi connectivity index (χ1v) is 18.4. The number of allylic oxidation sites excluding steroid dienone is 2. The lowest BCUT2D eigenvalue weighted by Crippen LogP contribution is -2.43. The fraction of sp³-hybridized carbons (Fsp3) is 0.467. The highest BCUT2D eigenvalue weighted by Gasteiger charge is 2.26. The average Bonchev–Trinajstić information content (AvgIpc) is 2.81. The molecule has 0 radical (unpaired) electrons. The van der Waals surface area contributed by atoms with E-state index in [9.17, 15) is 0 Å². The summed E-state index contributed by atoms with van der Waals surface area (Å²) in [6, 6.07) is 22.8. The van der Waals surface area contributed by atoms with Gasteiger partial charge in [0.15, 0.2) is 0 Å². The molecule has 0 nitrogen and oxygen atoms in total. The maximum absolute atomic E-state index is 3.90. The van der Waals surface area contributed by atoms with Crippen LogP contribution in [0.4, 0.5) is 0 Å². The largest absolute Gasteiger partial charge is 0.103 e. The van der Waals surface area contributed by atoms with Crippen LogP contribution in [0.1, 0.15) is 56.6 Å². The maximum Gasteiger partial charge on any atom is 0.0834 e. The molecule has 0 saturated heterocycles. The number of hydrogen-bond acceptors (Lipinski definition) is 0. The van der Waals surface area contributed by atoms with Crippen LogP contribution in [0.15, 0.2) is 73.8 Å². The Balaban J connectivity index is 1.66. The Morgan fingerprint density at radius 1 is 0.812 bits per heavy atom. The monoisotopic (exact) mass is 462 g/mol. The van der Waals surface area contributed by atoms with E-state index in [0.29, 0.717) is 0 Å². The van der Waals surface area contributed by atoms with E-state index in [2.05, 4.69) is 81.7 Å². The lowest BCUT2D eigenvalue weighted by molar-refractivity contribution is 0.621. The number of hydrogen-bond donors (Lipinski definition) is 0. The van der Waals surface area contributed by atoms with Gasteiger partial charge in [-0.3, -0.25) is 0 Å². The van der Waals surface area contributed by atoms with Gasteiger partial charge in [0.1, 0.15) is 0 Å². The molecule has 0 amide bonds. The fourth-order valence-corrected chi connectivity index (χ4v) is 10.1. The summed E-state index contributed by atoms with van der Waals surface area (Å²) in [5.74, 6) is 0. The molecule has 0 spiro atoms. The molecule has 32 heavy (non-hydrogen) atoms. The summed E-state index contributed by atoms with van der Waals surface area (Å²) < 4.78 is 0. The van der Waals surface area contributed by atoms with E-state index < -0.39 is 16.9 Å². The van der Waals surface area contributed by atoms with Gasteiger partial charge in [-0.15, -0.1) is 13.2 Å². The zero-order valence-electron chi connectivity index (χ0n) is 21.0. The van der Waals surface area contributed by atoms with Crippen molar-refractivity contribution < 1.29 is 0 Å². The second kappa shape index (κ2) is 14.5. The van der Waals surface area contributed by atoms with Crippen molar-refractivity contribution in [3.63, 3.8) is 0 Å². The van der Waals surface area contributed by atoms with Gasteiger partial charge >= 0.3 is 0 Å². The van der Waals surface area contributed by atoms with Gasteiger partial charge in [-0.05, 0) is 24.0 Å². The van der Waals surface area contributed by atoms with Crippen molar-refractivity contribution in [1.82, 2.24) is 0 Å². The lowest BCUT2D eigenvalue weighted by atomic mass is 10.1. The topological polar surface area (TPSA) is 0 Å². The fourth-order valence-electron chi connectivity index (χ4n) is 4.80. The molecule has 0 heterocycles. The zero-order valence-corrected chi connectivity index (χ0v) is 23.2. The number of unbranched alkanes of at least 4 members (excludes halogenated alkanes) is 5. The van der Waals surface area contributed by atoms with Crippen LogP contribution in [0, 0.1) is 0 Å². The first kappa shape index (κ1) is 26.6. The highest BCUT2D eigenvalue weighted by atomic mass is 28.3. The zero-order chi connectivity index (χ0) is 23.2. The van der Waals surface area contributed by atoms with Crippen LogP contribution in [0.3, 0.4) is 0 Å². The van der Waals surface area contributed by atoms with Gasteiger partial charge in [0, 0.05) is 0 Å². The van der Waals surface area contributed by atoms with Crippen molar-refractivity contribution in [2.45, 2.75) is 89.5 Å². The standard InChI is InChI=1S/C30H46Si2/c1-6-17-27-19-15-21-29(25-27)31(4)23-13-11-9-10-12-14-24-32(5,8-3)30-22-16-20-28(26-30)18-7-2/h6-7,15-16,19-22,25-26,31H,1-2,8-14,17-18,23-24H2,3-5H3. The molecule has 0 bridgehead atoms. The van der Waals surface area contributed by atoms with E-state index in [1.807, 2.05) is 12.2 Å². The number of rotatable bonds is 16. The van der Waals surface area contributed by atoms with E-state index in [-0.39, 0.29) is 0 Å². The Hall–Kier alpha value is -1.65. The summed E-state index contributed by atoms with van der Waals surface area (Å²) >= 11 is 0. The summed E-state index contributed by atoms with van der Waals surface area (Å²) in [6.45, 7) is 15.3. The first-order chi connectivity index (χ1) is 15.5. The summed E-state index contributed by atoms with van der Waals surface area (Å²) in [4.78, 5) is 0. The minimum Gasteiger partial charge on any atom is -0.103 e. The van der Waals surface area contributed by atoms with Crippen LogP contribution in [-0.2, 0) is 12.8 Å². The van der Waals surface area contributed by atoms with Crippen molar-refractivity contribution >= 4 is 27.2 Å². The van der Waals surface area contributed by atoms with Crippen molar-refractivity contribution in [2.75, 3.05) is 0 Å². The first-order valence-electron chi connectivity index (χ1n) is 12.9. The third kappa shape index (κ3) is 8.71. The van der Waals surface area contributed by atoms with Crippen molar-refractivity contribution in [1.29, 1.82) is 0 Å². The van der Waals surface area contributed by atoms with Crippen LogP contribution in [-0.4, -0.2) is 16.9 Å². The maximum atomic E-state index is 3.90.